The lowest BCUT2D eigenvalue weighted by molar-refractivity contribution is 0.134. The van der Waals surface area contributed by atoms with Gasteiger partial charge in [0.25, 0.3) is 0 Å². The third kappa shape index (κ3) is 10.3. The number of guanidine groups is 1. The molecule has 1 saturated heterocycles. The number of hydrogen-bond donors (Lipinski definition) is 2. The van der Waals surface area contributed by atoms with Crippen LogP contribution in [0.3, 0.4) is 0 Å². The molecular weight excluding hydrogens is 451 g/mol. The lowest BCUT2D eigenvalue weighted by Crippen LogP contribution is -2.38. The molecule has 0 unspecified atom stereocenters. The quantitative estimate of drug-likeness (QED) is 0.241. The Morgan fingerprint density at radius 1 is 1.04 bits per heavy atom. The number of nitrogens with one attached hydrogen (secondary N) is 2. The Morgan fingerprint density at radius 3 is 2.33 bits per heavy atom. The van der Waals surface area contributed by atoms with E-state index in [1.807, 2.05) is 14.0 Å². The van der Waals surface area contributed by atoms with E-state index >= 15 is 0 Å². The predicted molar refractivity (Wildman–Crippen MR) is 125 cm³/mol. The van der Waals surface area contributed by atoms with Crippen LogP contribution >= 0.6 is 24.0 Å². The van der Waals surface area contributed by atoms with Crippen LogP contribution in [0.2, 0.25) is 0 Å². The van der Waals surface area contributed by atoms with Gasteiger partial charge in [-0.2, -0.15) is 0 Å². The van der Waals surface area contributed by atoms with E-state index in [0.717, 1.165) is 32.1 Å². The molecule has 1 fully saturated rings. The number of halogens is 1. The van der Waals surface area contributed by atoms with E-state index in [4.69, 9.17) is 4.74 Å². The second-order valence-corrected chi connectivity index (χ2v) is 6.92. The van der Waals surface area contributed by atoms with Crippen LogP contribution in [0.4, 0.5) is 0 Å². The first-order valence-electron chi connectivity index (χ1n) is 10.1. The van der Waals surface area contributed by atoms with Gasteiger partial charge in [0.2, 0.25) is 0 Å². The van der Waals surface area contributed by atoms with E-state index in [2.05, 4.69) is 44.8 Å². The molecule has 6 heteroatoms. The molecule has 27 heavy (non-hydrogen) atoms. The highest BCUT2D eigenvalue weighted by molar-refractivity contribution is 14.0. The molecule has 0 aliphatic carbocycles. The van der Waals surface area contributed by atoms with Crippen LogP contribution in [0, 0.1) is 0 Å². The van der Waals surface area contributed by atoms with Crippen molar-refractivity contribution in [1.82, 2.24) is 15.5 Å². The Kier molecular flexibility index (Phi) is 13.5. The Hall–Kier alpha value is -0.860. The second-order valence-electron chi connectivity index (χ2n) is 6.92. The first kappa shape index (κ1) is 24.2. The van der Waals surface area contributed by atoms with Gasteiger partial charge in [-0.25, -0.2) is 0 Å². The molecule has 1 aliphatic heterocycles. The summed E-state index contributed by atoms with van der Waals surface area (Å²) in [6.07, 6.45) is 6.68. The summed E-state index contributed by atoms with van der Waals surface area (Å²) in [5.74, 6) is 0.874. The summed E-state index contributed by atoms with van der Waals surface area (Å²) < 4.78 is 5.43. The molecule has 1 heterocycles. The Morgan fingerprint density at radius 2 is 1.70 bits per heavy atom. The maximum absolute atomic E-state index is 5.43. The zero-order valence-corrected chi connectivity index (χ0v) is 19.3. The summed E-state index contributed by atoms with van der Waals surface area (Å²) in [6, 6.07) is 8.55. The summed E-state index contributed by atoms with van der Waals surface area (Å²) in [7, 11) is 1.83. The molecule has 0 bridgehead atoms. The molecule has 0 spiro atoms. The summed E-state index contributed by atoms with van der Waals surface area (Å²) in [6.45, 7) is 8.92. The molecule has 2 rings (SSSR count). The molecule has 1 aromatic rings. The van der Waals surface area contributed by atoms with Crippen LogP contribution < -0.4 is 10.6 Å². The highest BCUT2D eigenvalue weighted by Crippen LogP contribution is 2.09. The van der Waals surface area contributed by atoms with Crippen LogP contribution in [0.25, 0.3) is 0 Å². The smallest absolute Gasteiger partial charge is 0.191 e. The summed E-state index contributed by atoms with van der Waals surface area (Å²) in [5, 5.41) is 6.82. The van der Waals surface area contributed by atoms with E-state index in [1.165, 1.54) is 56.4 Å². The molecule has 2 N–H and O–H groups in total. The van der Waals surface area contributed by atoms with Crippen molar-refractivity contribution >= 4 is 29.9 Å². The minimum absolute atomic E-state index is 0. The monoisotopic (exact) mass is 488 g/mol. The number of nitrogens with zero attached hydrogens (tertiary/aromatic N) is 2. The normalized spacial score (nSPS) is 15.7. The molecule has 0 saturated carbocycles. The highest BCUT2D eigenvalue weighted by atomic mass is 127. The largest absolute Gasteiger partial charge is 0.377 e. The standard InChI is InChI=1S/C21H36N4O.HI/c1-3-26-18-20-11-9-19(10-12-20)17-24-21(22-2)23-13-8-16-25-14-6-4-5-7-15-25;/h9-12H,3-8,13-18H2,1-2H3,(H2,22,23,24);1H. The van der Waals surface area contributed by atoms with Crippen molar-refractivity contribution in [3.05, 3.63) is 35.4 Å². The average Bonchev–Trinajstić information content (AvgIpc) is 2.95. The van der Waals surface area contributed by atoms with Gasteiger partial charge in [-0.05, 0) is 56.9 Å². The van der Waals surface area contributed by atoms with Crippen molar-refractivity contribution in [1.29, 1.82) is 0 Å². The minimum Gasteiger partial charge on any atom is -0.377 e. The van der Waals surface area contributed by atoms with Crippen molar-refractivity contribution in [3.63, 3.8) is 0 Å². The van der Waals surface area contributed by atoms with Gasteiger partial charge in [0.15, 0.2) is 5.96 Å². The average molecular weight is 488 g/mol. The van der Waals surface area contributed by atoms with Crippen LogP contribution in [-0.2, 0) is 17.9 Å². The molecule has 1 aliphatic rings. The van der Waals surface area contributed by atoms with E-state index in [9.17, 15) is 0 Å². The van der Waals surface area contributed by atoms with E-state index in [1.54, 1.807) is 0 Å². The Balaban J connectivity index is 0.00000364. The summed E-state index contributed by atoms with van der Waals surface area (Å²) >= 11 is 0. The SMILES string of the molecule is CCOCc1ccc(CNC(=NC)NCCCN2CCCCCC2)cc1.I. The molecule has 5 nitrogen and oxygen atoms in total. The zero-order valence-electron chi connectivity index (χ0n) is 17.0. The van der Waals surface area contributed by atoms with Gasteiger partial charge in [0.05, 0.1) is 6.61 Å². The minimum atomic E-state index is 0. The van der Waals surface area contributed by atoms with E-state index in [0.29, 0.717) is 6.61 Å². The number of benzene rings is 1. The predicted octanol–water partition coefficient (Wildman–Crippen LogP) is 3.77. The first-order valence-corrected chi connectivity index (χ1v) is 10.1. The van der Waals surface area contributed by atoms with Crippen molar-refractivity contribution in [3.8, 4) is 0 Å². The van der Waals surface area contributed by atoms with Gasteiger partial charge in [-0.15, -0.1) is 24.0 Å². The fraction of sp³-hybridized carbons (Fsp3) is 0.667. The maximum Gasteiger partial charge on any atom is 0.191 e. The lowest BCUT2D eigenvalue weighted by Gasteiger charge is -2.20. The summed E-state index contributed by atoms with van der Waals surface area (Å²) in [4.78, 5) is 6.93. The van der Waals surface area contributed by atoms with Gasteiger partial charge in [0.1, 0.15) is 0 Å². The van der Waals surface area contributed by atoms with Gasteiger partial charge < -0.3 is 20.3 Å². The highest BCUT2D eigenvalue weighted by Gasteiger charge is 2.08. The van der Waals surface area contributed by atoms with Gasteiger partial charge in [-0.3, -0.25) is 4.99 Å². The first-order chi connectivity index (χ1) is 12.8. The zero-order chi connectivity index (χ0) is 18.5. The number of rotatable bonds is 9. The second kappa shape index (κ2) is 15.1. The van der Waals surface area contributed by atoms with Crippen LogP contribution in [-0.4, -0.2) is 50.7 Å². The third-order valence-electron chi connectivity index (χ3n) is 4.82. The van der Waals surface area contributed by atoms with Gasteiger partial charge in [-0.1, -0.05) is 37.1 Å². The van der Waals surface area contributed by atoms with Crippen LogP contribution in [0.15, 0.2) is 29.3 Å². The molecule has 154 valence electrons. The molecule has 0 radical (unpaired) electrons. The maximum atomic E-state index is 5.43. The molecule has 1 aromatic carbocycles. The topological polar surface area (TPSA) is 48.9 Å². The number of aliphatic imine (C=N–C) groups is 1. The van der Waals surface area contributed by atoms with Gasteiger partial charge >= 0.3 is 0 Å². The number of ether oxygens (including phenoxy) is 1. The van der Waals surface area contributed by atoms with Crippen molar-refractivity contribution in [2.75, 3.05) is 39.8 Å². The molecule has 0 atom stereocenters. The van der Waals surface area contributed by atoms with Crippen LogP contribution in [0.1, 0.15) is 50.2 Å². The molecular formula is C21H37IN4O. The third-order valence-corrected chi connectivity index (χ3v) is 4.82. The molecule has 0 aromatic heterocycles. The number of hydrogen-bond acceptors (Lipinski definition) is 3. The van der Waals surface area contributed by atoms with Crippen molar-refractivity contribution < 1.29 is 4.74 Å². The van der Waals surface area contributed by atoms with E-state index < -0.39 is 0 Å². The van der Waals surface area contributed by atoms with Crippen molar-refractivity contribution in [2.24, 2.45) is 4.99 Å². The number of likely N-dealkylation sites (tertiary alicyclic amines) is 1. The summed E-state index contributed by atoms with van der Waals surface area (Å²) in [5.41, 5.74) is 2.46. The van der Waals surface area contributed by atoms with Gasteiger partial charge in [0, 0.05) is 26.7 Å². The Bertz CT molecular complexity index is 513. The van der Waals surface area contributed by atoms with Crippen LogP contribution in [0.5, 0.6) is 0 Å². The Labute approximate surface area is 182 Å². The molecule has 0 amide bonds. The van der Waals surface area contributed by atoms with Crippen molar-refractivity contribution in [2.45, 2.75) is 52.2 Å². The van der Waals surface area contributed by atoms with E-state index in [-0.39, 0.29) is 24.0 Å². The lowest BCUT2D eigenvalue weighted by atomic mass is 10.1. The fourth-order valence-corrected chi connectivity index (χ4v) is 3.25. The fourth-order valence-electron chi connectivity index (χ4n) is 3.25.